The molecule has 2 aromatic carbocycles. The lowest BCUT2D eigenvalue weighted by Crippen LogP contribution is -2.40. The number of carbonyl (C=O) groups is 1. The number of phenols is 1. The monoisotopic (exact) mass is 312 g/mol. The van der Waals surface area contributed by atoms with E-state index in [1.165, 1.54) is 0 Å². The fourth-order valence-electron chi connectivity index (χ4n) is 3.06. The van der Waals surface area contributed by atoms with E-state index in [0.29, 0.717) is 0 Å². The van der Waals surface area contributed by atoms with E-state index < -0.39 is 6.04 Å². The number of phenolic OH excluding ortho intramolecular Hbond substituents is 1. The molecule has 2 atom stereocenters. The molecule has 5 heteroatoms. The number of carbonyl (C=O) groups excluding carboxylic acids is 1. The number of hydrogen-bond acceptors (Lipinski definition) is 3. The second-order valence-electron chi connectivity index (χ2n) is 5.70. The Bertz CT molecular complexity index is 688. The predicted octanol–water partition coefficient (Wildman–Crippen LogP) is 2.41. The predicted molar refractivity (Wildman–Crippen MR) is 87.1 cm³/mol. The number of rotatable bonds is 4. The lowest BCUT2D eigenvalue weighted by atomic mass is 10.1. The Morgan fingerprint density at radius 3 is 2.70 bits per heavy atom. The van der Waals surface area contributed by atoms with E-state index in [1.54, 1.807) is 12.1 Å². The van der Waals surface area contributed by atoms with Crippen molar-refractivity contribution in [3.63, 3.8) is 0 Å². The first-order valence-corrected chi connectivity index (χ1v) is 7.72. The zero-order valence-electron chi connectivity index (χ0n) is 12.7. The first-order valence-electron chi connectivity index (χ1n) is 7.72. The summed E-state index contributed by atoms with van der Waals surface area (Å²) in [5, 5.41) is 25.1. The molecule has 0 aliphatic heterocycles. The molecule has 0 radical (unpaired) electrons. The average molecular weight is 312 g/mol. The van der Waals surface area contributed by atoms with Crippen molar-refractivity contribution in [2.24, 2.45) is 0 Å². The summed E-state index contributed by atoms with van der Waals surface area (Å²) in [4.78, 5) is 12.2. The molecule has 2 aromatic rings. The molecule has 0 saturated carbocycles. The molecule has 2 amide bonds. The Hall–Kier alpha value is -2.53. The summed E-state index contributed by atoms with van der Waals surface area (Å²) >= 11 is 0. The van der Waals surface area contributed by atoms with Crippen LogP contribution >= 0.6 is 0 Å². The molecule has 0 aromatic heterocycles. The first kappa shape index (κ1) is 15.4. The van der Waals surface area contributed by atoms with Gasteiger partial charge < -0.3 is 20.8 Å². The van der Waals surface area contributed by atoms with Gasteiger partial charge in [0.05, 0.1) is 18.7 Å². The van der Waals surface area contributed by atoms with Gasteiger partial charge in [0.2, 0.25) is 0 Å². The second kappa shape index (κ2) is 6.71. The highest BCUT2D eigenvalue weighted by atomic mass is 16.3. The maximum Gasteiger partial charge on any atom is 0.315 e. The molecular weight excluding hydrogens is 292 g/mol. The van der Waals surface area contributed by atoms with Gasteiger partial charge in [0, 0.05) is 0 Å². The number of amides is 2. The van der Waals surface area contributed by atoms with Crippen molar-refractivity contribution in [3.05, 3.63) is 65.2 Å². The third kappa shape index (κ3) is 3.29. The van der Waals surface area contributed by atoms with E-state index in [0.717, 1.165) is 29.5 Å². The van der Waals surface area contributed by atoms with Crippen LogP contribution in [-0.2, 0) is 6.42 Å². The molecule has 0 heterocycles. The average Bonchev–Trinajstić information content (AvgIpc) is 2.98. The minimum absolute atomic E-state index is 0.118. The maximum atomic E-state index is 12.2. The van der Waals surface area contributed by atoms with E-state index in [4.69, 9.17) is 0 Å². The molecule has 23 heavy (non-hydrogen) atoms. The van der Waals surface area contributed by atoms with Crippen molar-refractivity contribution in [1.29, 1.82) is 0 Å². The molecule has 0 spiro atoms. The van der Waals surface area contributed by atoms with E-state index in [1.807, 2.05) is 36.4 Å². The molecule has 0 fully saturated rings. The van der Waals surface area contributed by atoms with Crippen LogP contribution in [0.5, 0.6) is 5.75 Å². The van der Waals surface area contributed by atoms with Gasteiger partial charge in [-0.25, -0.2) is 4.79 Å². The van der Waals surface area contributed by atoms with Gasteiger partial charge in [-0.05, 0) is 35.6 Å². The molecule has 0 saturated heterocycles. The Morgan fingerprint density at radius 1 is 1.17 bits per heavy atom. The van der Waals surface area contributed by atoms with Gasteiger partial charge in [0.1, 0.15) is 5.75 Å². The fourth-order valence-corrected chi connectivity index (χ4v) is 3.06. The molecule has 4 N–H and O–H groups in total. The van der Waals surface area contributed by atoms with Crippen LogP contribution in [0.3, 0.4) is 0 Å². The molecule has 120 valence electrons. The minimum Gasteiger partial charge on any atom is -0.508 e. The van der Waals surface area contributed by atoms with Crippen LogP contribution in [-0.4, -0.2) is 22.9 Å². The van der Waals surface area contributed by atoms with E-state index in [-0.39, 0.29) is 24.4 Å². The number of benzene rings is 2. The molecule has 1 aliphatic carbocycles. The molecule has 0 bridgehead atoms. The van der Waals surface area contributed by atoms with Gasteiger partial charge >= 0.3 is 6.03 Å². The molecular formula is C18H20N2O3. The molecule has 2 unspecified atom stereocenters. The summed E-state index contributed by atoms with van der Waals surface area (Å²) < 4.78 is 0. The number of aromatic hydroxyl groups is 1. The number of urea groups is 1. The van der Waals surface area contributed by atoms with Crippen molar-refractivity contribution < 1.29 is 15.0 Å². The summed E-state index contributed by atoms with van der Waals surface area (Å²) in [6, 6.07) is 13.8. The number of nitrogens with one attached hydrogen (secondary N) is 2. The summed E-state index contributed by atoms with van der Waals surface area (Å²) in [7, 11) is 0. The van der Waals surface area contributed by atoms with Crippen LogP contribution in [0.4, 0.5) is 4.79 Å². The van der Waals surface area contributed by atoms with E-state index in [9.17, 15) is 15.0 Å². The molecule has 3 rings (SSSR count). The highest BCUT2D eigenvalue weighted by molar-refractivity contribution is 5.75. The highest BCUT2D eigenvalue weighted by Gasteiger charge is 2.26. The van der Waals surface area contributed by atoms with E-state index >= 15 is 0 Å². The lowest BCUT2D eigenvalue weighted by molar-refractivity contribution is 0.214. The maximum absolute atomic E-state index is 12.2. The Labute approximate surface area is 135 Å². The topological polar surface area (TPSA) is 81.6 Å². The largest absolute Gasteiger partial charge is 0.508 e. The van der Waals surface area contributed by atoms with Crippen molar-refractivity contribution in [2.75, 3.05) is 6.61 Å². The fraction of sp³-hybridized carbons (Fsp3) is 0.278. The van der Waals surface area contributed by atoms with Crippen molar-refractivity contribution in [2.45, 2.75) is 24.9 Å². The number of hydrogen-bond donors (Lipinski definition) is 4. The summed E-state index contributed by atoms with van der Waals surface area (Å²) in [5.41, 5.74) is 2.72. The SMILES string of the molecule is O=C(NC(CO)c1ccccc1)NC1CCc2c(O)cccc21. The van der Waals surface area contributed by atoms with Crippen molar-refractivity contribution in [3.8, 4) is 5.75 Å². The standard InChI is InChI=1S/C18H20N2O3/c21-11-16(12-5-2-1-3-6-12)20-18(23)19-15-10-9-14-13(15)7-4-8-17(14)22/h1-8,15-16,21-22H,9-11H2,(H2,19,20,23). The van der Waals surface area contributed by atoms with Crippen molar-refractivity contribution in [1.82, 2.24) is 10.6 Å². The van der Waals surface area contributed by atoms with Gasteiger partial charge in [-0.1, -0.05) is 42.5 Å². The summed E-state index contributed by atoms with van der Waals surface area (Å²) in [6.07, 6.45) is 1.50. The van der Waals surface area contributed by atoms with Gasteiger partial charge in [0.25, 0.3) is 0 Å². The number of aliphatic hydroxyl groups excluding tert-OH is 1. The first-order chi connectivity index (χ1) is 11.2. The third-order valence-corrected chi connectivity index (χ3v) is 4.24. The van der Waals surface area contributed by atoms with Gasteiger partial charge in [-0.2, -0.15) is 0 Å². The van der Waals surface area contributed by atoms with Gasteiger partial charge in [0.15, 0.2) is 0 Å². The number of fused-ring (bicyclic) bond motifs is 1. The summed E-state index contributed by atoms with van der Waals surface area (Å²) in [6.45, 7) is -0.167. The summed E-state index contributed by atoms with van der Waals surface area (Å²) in [5.74, 6) is 0.282. The van der Waals surface area contributed by atoms with Crippen LogP contribution in [0.25, 0.3) is 0 Å². The second-order valence-corrected chi connectivity index (χ2v) is 5.70. The van der Waals surface area contributed by atoms with Crippen LogP contribution in [0.1, 0.15) is 35.2 Å². The minimum atomic E-state index is -0.443. The molecule has 1 aliphatic rings. The Morgan fingerprint density at radius 2 is 1.96 bits per heavy atom. The van der Waals surface area contributed by atoms with Gasteiger partial charge in [-0.3, -0.25) is 0 Å². The van der Waals surface area contributed by atoms with Gasteiger partial charge in [-0.15, -0.1) is 0 Å². The van der Waals surface area contributed by atoms with Crippen LogP contribution < -0.4 is 10.6 Å². The zero-order valence-corrected chi connectivity index (χ0v) is 12.7. The van der Waals surface area contributed by atoms with E-state index in [2.05, 4.69) is 10.6 Å². The quantitative estimate of drug-likeness (QED) is 0.700. The third-order valence-electron chi connectivity index (χ3n) is 4.24. The zero-order chi connectivity index (χ0) is 16.2. The molecule has 5 nitrogen and oxygen atoms in total. The Balaban J connectivity index is 1.66. The smallest absolute Gasteiger partial charge is 0.315 e. The lowest BCUT2D eigenvalue weighted by Gasteiger charge is -2.20. The van der Waals surface area contributed by atoms with Crippen LogP contribution in [0.2, 0.25) is 0 Å². The van der Waals surface area contributed by atoms with Crippen LogP contribution in [0.15, 0.2) is 48.5 Å². The van der Waals surface area contributed by atoms with Crippen molar-refractivity contribution >= 4 is 6.03 Å². The Kier molecular flexibility index (Phi) is 4.48. The number of aliphatic hydroxyl groups is 1. The normalized spacial score (nSPS) is 17.3. The van der Waals surface area contributed by atoms with Crippen LogP contribution in [0, 0.1) is 0 Å². The highest BCUT2D eigenvalue weighted by Crippen LogP contribution is 2.36.